The maximum Gasteiger partial charge on any atom is 0.573 e. The monoisotopic (exact) mass is 322 g/mol. The zero-order valence-corrected chi connectivity index (χ0v) is 11.6. The molecule has 0 spiro atoms. The fraction of sp³-hybridized carbons (Fsp3) is 0.231. The number of aliphatic hydroxyl groups is 1. The van der Waals surface area contributed by atoms with E-state index in [-0.39, 0.29) is 5.75 Å². The molecule has 2 aromatic rings. The van der Waals surface area contributed by atoms with E-state index in [1.165, 1.54) is 35.6 Å². The van der Waals surface area contributed by atoms with Gasteiger partial charge in [-0.2, -0.15) is 0 Å². The Hall–Kier alpha value is -1.24. The summed E-state index contributed by atoms with van der Waals surface area (Å²) in [7, 11) is 0. The molecule has 108 valence electrons. The molecule has 0 aliphatic heterocycles. The summed E-state index contributed by atoms with van der Waals surface area (Å²) in [5, 5.41) is 12.2. The van der Waals surface area contributed by atoms with Crippen molar-refractivity contribution in [2.75, 3.05) is 0 Å². The van der Waals surface area contributed by atoms with Gasteiger partial charge in [0.1, 0.15) is 5.75 Å². The molecule has 0 fully saturated rings. The Kier molecular flexibility index (Phi) is 4.57. The summed E-state index contributed by atoms with van der Waals surface area (Å²) < 4.78 is 39.8. The molecule has 0 radical (unpaired) electrons. The second-order valence-electron chi connectivity index (χ2n) is 4.08. The third-order valence-electron chi connectivity index (χ3n) is 2.50. The van der Waals surface area contributed by atoms with Crippen molar-refractivity contribution in [2.24, 2.45) is 0 Å². The van der Waals surface area contributed by atoms with Crippen LogP contribution in [0.15, 0.2) is 35.7 Å². The summed E-state index contributed by atoms with van der Waals surface area (Å²) in [4.78, 5) is 0.714. The Labute approximate surface area is 122 Å². The van der Waals surface area contributed by atoms with Crippen molar-refractivity contribution in [3.05, 3.63) is 51.2 Å². The first-order valence-electron chi connectivity index (χ1n) is 5.60. The molecule has 1 atom stereocenters. The molecule has 0 aliphatic carbocycles. The Balaban J connectivity index is 2.00. The average Bonchev–Trinajstić information content (AvgIpc) is 2.77. The lowest BCUT2D eigenvalue weighted by Gasteiger charge is -2.11. The molecule has 0 saturated carbocycles. The van der Waals surface area contributed by atoms with Crippen LogP contribution in [0.1, 0.15) is 16.5 Å². The van der Waals surface area contributed by atoms with Gasteiger partial charge in [0.05, 0.1) is 11.1 Å². The van der Waals surface area contributed by atoms with Gasteiger partial charge in [-0.15, -0.1) is 24.5 Å². The highest BCUT2D eigenvalue weighted by Gasteiger charge is 2.30. The fourth-order valence-corrected chi connectivity index (χ4v) is 2.72. The van der Waals surface area contributed by atoms with E-state index < -0.39 is 12.5 Å². The predicted octanol–water partition coefficient (Wildman–Crippen LogP) is 4.58. The minimum Gasteiger partial charge on any atom is -0.406 e. The van der Waals surface area contributed by atoms with Gasteiger partial charge in [-0.3, -0.25) is 0 Å². The standard InChI is InChI=1S/C13H10ClF3O2S/c14-9-6-12(20-7-9)11(18)5-8-1-3-10(4-2-8)19-13(15,16)17/h1-4,6-7,11,18H,5H2. The average molecular weight is 323 g/mol. The zero-order valence-electron chi connectivity index (χ0n) is 10.0. The summed E-state index contributed by atoms with van der Waals surface area (Å²) in [6.07, 6.45) is -5.14. The van der Waals surface area contributed by atoms with Gasteiger partial charge < -0.3 is 9.84 Å². The summed E-state index contributed by atoms with van der Waals surface area (Å²) in [6.45, 7) is 0. The van der Waals surface area contributed by atoms with Crippen molar-refractivity contribution in [1.29, 1.82) is 0 Å². The summed E-state index contributed by atoms with van der Waals surface area (Å²) in [5.41, 5.74) is 0.705. The minimum absolute atomic E-state index is 0.282. The second kappa shape index (κ2) is 6.03. The van der Waals surface area contributed by atoms with Gasteiger partial charge in [-0.1, -0.05) is 23.7 Å². The van der Waals surface area contributed by atoms with E-state index in [2.05, 4.69) is 4.74 Å². The number of thiophene rings is 1. The van der Waals surface area contributed by atoms with Crippen molar-refractivity contribution >= 4 is 22.9 Å². The van der Waals surface area contributed by atoms with Gasteiger partial charge in [-0.25, -0.2) is 0 Å². The summed E-state index contributed by atoms with van der Waals surface area (Å²) in [6, 6.07) is 7.07. The maximum atomic E-state index is 12.0. The normalized spacial score (nSPS) is 13.2. The van der Waals surface area contributed by atoms with Crippen molar-refractivity contribution in [1.82, 2.24) is 0 Å². The van der Waals surface area contributed by atoms with Crippen LogP contribution in [-0.4, -0.2) is 11.5 Å². The lowest BCUT2D eigenvalue weighted by Crippen LogP contribution is -2.17. The molecule has 20 heavy (non-hydrogen) atoms. The van der Waals surface area contributed by atoms with Gasteiger partial charge in [0.2, 0.25) is 0 Å². The number of ether oxygens (including phenoxy) is 1. The molecule has 0 bridgehead atoms. The molecule has 2 rings (SSSR count). The topological polar surface area (TPSA) is 29.5 Å². The molecular weight excluding hydrogens is 313 g/mol. The van der Waals surface area contributed by atoms with Crippen molar-refractivity contribution in [2.45, 2.75) is 18.9 Å². The van der Waals surface area contributed by atoms with Gasteiger partial charge in [0.25, 0.3) is 0 Å². The lowest BCUT2D eigenvalue weighted by molar-refractivity contribution is -0.274. The third-order valence-corrected chi connectivity index (χ3v) is 3.88. The summed E-state index contributed by atoms with van der Waals surface area (Å²) >= 11 is 7.10. The van der Waals surface area contributed by atoms with E-state index in [4.69, 9.17) is 11.6 Å². The molecule has 1 N–H and O–H groups in total. The minimum atomic E-state index is -4.70. The fourth-order valence-electron chi connectivity index (χ4n) is 1.65. The number of aliphatic hydroxyl groups excluding tert-OH is 1. The van der Waals surface area contributed by atoms with Gasteiger partial charge in [0.15, 0.2) is 0 Å². The van der Waals surface area contributed by atoms with Crippen molar-refractivity contribution in [3.8, 4) is 5.75 Å². The Bertz CT molecular complexity index is 566. The van der Waals surface area contributed by atoms with Crippen LogP contribution in [0, 0.1) is 0 Å². The molecule has 1 aromatic carbocycles. The molecular formula is C13H10ClF3O2S. The molecule has 0 amide bonds. The third kappa shape index (κ3) is 4.40. The maximum absolute atomic E-state index is 12.0. The number of rotatable bonds is 4. The molecule has 7 heteroatoms. The van der Waals surface area contributed by atoms with Crippen LogP contribution in [-0.2, 0) is 6.42 Å². The first-order chi connectivity index (χ1) is 9.33. The smallest absolute Gasteiger partial charge is 0.406 e. The second-order valence-corrected chi connectivity index (χ2v) is 5.46. The molecule has 1 unspecified atom stereocenters. The molecule has 0 aliphatic rings. The highest BCUT2D eigenvalue weighted by molar-refractivity contribution is 7.10. The zero-order chi connectivity index (χ0) is 14.8. The van der Waals surface area contributed by atoms with Crippen LogP contribution >= 0.6 is 22.9 Å². The Morgan fingerprint density at radius 2 is 1.90 bits per heavy atom. The van der Waals surface area contributed by atoms with Crippen LogP contribution < -0.4 is 4.74 Å². The van der Waals surface area contributed by atoms with Crippen LogP contribution in [0.2, 0.25) is 5.02 Å². The number of hydrogen-bond acceptors (Lipinski definition) is 3. The van der Waals surface area contributed by atoms with Gasteiger partial charge >= 0.3 is 6.36 Å². The molecule has 1 aromatic heterocycles. The predicted molar refractivity (Wildman–Crippen MR) is 71.1 cm³/mol. The number of halogens is 4. The van der Waals surface area contributed by atoms with E-state index in [9.17, 15) is 18.3 Å². The highest BCUT2D eigenvalue weighted by Crippen LogP contribution is 2.28. The Morgan fingerprint density at radius 3 is 2.40 bits per heavy atom. The largest absolute Gasteiger partial charge is 0.573 e. The van der Waals surface area contributed by atoms with E-state index in [1.54, 1.807) is 11.4 Å². The van der Waals surface area contributed by atoms with E-state index in [0.717, 1.165) is 0 Å². The van der Waals surface area contributed by atoms with Crippen molar-refractivity contribution in [3.63, 3.8) is 0 Å². The van der Waals surface area contributed by atoms with Gasteiger partial charge in [0, 0.05) is 16.7 Å². The van der Waals surface area contributed by atoms with Gasteiger partial charge in [-0.05, 0) is 23.8 Å². The first-order valence-corrected chi connectivity index (χ1v) is 6.86. The summed E-state index contributed by atoms with van der Waals surface area (Å²) in [5.74, 6) is -0.282. The number of alkyl halides is 3. The molecule has 2 nitrogen and oxygen atoms in total. The first kappa shape index (κ1) is 15.2. The van der Waals surface area contributed by atoms with Crippen LogP contribution in [0.4, 0.5) is 13.2 Å². The molecule has 1 heterocycles. The number of hydrogen-bond donors (Lipinski definition) is 1. The van der Waals surface area contributed by atoms with E-state index in [0.29, 0.717) is 21.9 Å². The van der Waals surface area contributed by atoms with Crippen LogP contribution in [0.5, 0.6) is 5.75 Å². The van der Waals surface area contributed by atoms with Crippen LogP contribution in [0.25, 0.3) is 0 Å². The van der Waals surface area contributed by atoms with Crippen molar-refractivity contribution < 1.29 is 23.0 Å². The Morgan fingerprint density at radius 1 is 1.25 bits per heavy atom. The van der Waals surface area contributed by atoms with E-state index >= 15 is 0 Å². The SMILES string of the molecule is OC(Cc1ccc(OC(F)(F)F)cc1)c1cc(Cl)cs1. The highest BCUT2D eigenvalue weighted by atomic mass is 35.5. The van der Waals surface area contributed by atoms with E-state index in [1.807, 2.05) is 0 Å². The lowest BCUT2D eigenvalue weighted by atomic mass is 10.1. The molecule has 0 saturated heterocycles. The quantitative estimate of drug-likeness (QED) is 0.893. The number of benzene rings is 1. The van der Waals surface area contributed by atoms with Crippen LogP contribution in [0.3, 0.4) is 0 Å².